The molecule has 2 heterocycles. The highest BCUT2D eigenvalue weighted by Gasteiger charge is 2.20. The van der Waals surface area contributed by atoms with Crippen molar-refractivity contribution in [2.24, 2.45) is 0 Å². The van der Waals surface area contributed by atoms with E-state index < -0.39 is 0 Å². The Bertz CT molecular complexity index is 625. The van der Waals surface area contributed by atoms with Crippen molar-refractivity contribution < 1.29 is 4.79 Å². The predicted octanol–water partition coefficient (Wildman–Crippen LogP) is 2.65. The lowest BCUT2D eigenvalue weighted by Gasteiger charge is -2.18. The van der Waals surface area contributed by atoms with Gasteiger partial charge in [0.25, 0.3) is 5.91 Å². The van der Waals surface area contributed by atoms with Gasteiger partial charge in [0.2, 0.25) is 0 Å². The summed E-state index contributed by atoms with van der Waals surface area (Å²) in [6.07, 6.45) is 2.20. The molecule has 0 bridgehead atoms. The normalized spacial score (nSPS) is 14.7. The first kappa shape index (κ1) is 11.3. The van der Waals surface area contributed by atoms with Gasteiger partial charge < -0.3 is 9.88 Å². The Morgan fingerprint density at radius 2 is 2.17 bits per heavy atom. The number of fused-ring (bicyclic) bond motifs is 3. The maximum atomic E-state index is 11.9. The molecule has 3 heteroatoms. The Hall–Kier alpha value is -1.77. The number of benzene rings is 1. The number of aryl methyl sites for hydroxylation is 2. The highest BCUT2D eigenvalue weighted by Crippen LogP contribution is 2.27. The number of aromatic nitrogens is 1. The molecule has 0 saturated heterocycles. The molecule has 2 aromatic rings. The third-order valence-corrected chi connectivity index (χ3v) is 3.59. The van der Waals surface area contributed by atoms with Crippen LogP contribution in [-0.4, -0.2) is 17.0 Å². The first-order valence-electron chi connectivity index (χ1n) is 6.61. The van der Waals surface area contributed by atoms with E-state index in [4.69, 9.17) is 0 Å². The summed E-state index contributed by atoms with van der Waals surface area (Å²) in [5.74, 6) is 0.0533. The van der Waals surface area contributed by atoms with Crippen LogP contribution in [0.5, 0.6) is 0 Å². The fourth-order valence-corrected chi connectivity index (χ4v) is 2.92. The minimum absolute atomic E-state index is 0.0533. The summed E-state index contributed by atoms with van der Waals surface area (Å²) in [5, 5.41) is 4.11. The second-order valence-electron chi connectivity index (χ2n) is 5.05. The first-order valence-corrected chi connectivity index (χ1v) is 6.61. The Morgan fingerprint density at radius 1 is 1.33 bits per heavy atom. The standard InChI is InChI=1S/C15H18N2O/c1-3-4-11-7-10(2)8-12-9-13-15(18)16-5-6-17(13)14(11)12/h7-9H,3-6H2,1-2H3,(H,16,18). The Morgan fingerprint density at radius 3 is 2.94 bits per heavy atom. The number of carbonyl (C=O) groups excluding carboxylic acids is 1. The van der Waals surface area contributed by atoms with Gasteiger partial charge in [-0.2, -0.15) is 0 Å². The van der Waals surface area contributed by atoms with Crippen LogP contribution in [0.1, 0.15) is 35.0 Å². The van der Waals surface area contributed by atoms with E-state index in [-0.39, 0.29) is 5.91 Å². The highest BCUT2D eigenvalue weighted by atomic mass is 16.2. The van der Waals surface area contributed by atoms with Crippen molar-refractivity contribution in [3.05, 3.63) is 35.0 Å². The summed E-state index contributed by atoms with van der Waals surface area (Å²) in [6, 6.07) is 6.45. The van der Waals surface area contributed by atoms with Crippen molar-refractivity contribution in [2.45, 2.75) is 33.2 Å². The number of carbonyl (C=O) groups is 1. The van der Waals surface area contributed by atoms with Crippen molar-refractivity contribution in [1.29, 1.82) is 0 Å². The molecule has 0 spiro atoms. The van der Waals surface area contributed by atoms with Crippen molar-refractivity contribution >= 4 is 16.8 Å². The lowest BCUT2D eigenvalue weighted by atomic mass is 10.0. The fraction of sp³-hybridized carbons (Fsp3) is 0.400. The van der Waals surface area contributed by atoms with Gasteiger partial charge in [-0.15, -0.1) is 0 Å². The zero-order chi connectivity index (χ0) is 12.7. The molecule has 0 atom stereocenters. The van der Waals surface area contributed by atoms with Crippen LogP contribution in [0.3, 0.4) is 0 Å². The average molecular weight is 242 g/mol. The molecule has 0 aliphatic carbocycles. The van der Waals surface area contributed by atoms with E-state index in [1.165, 1.54) is 22.0 Å². The van der Waals surface area contributed by atoms with Crippen LogP contribution in [0, 0.1) is 6.92 Å². The molecular weight excluding hydrogens is 224 g/mol. The van der Waals surface area contributed by atoms with E-state index in [2.05, 4.69) is 35.9 Å². The minimum Gasteiger partial charge on any atom is -0.349 e. The maximum Gasteiger partial charge on any atom is 0.268 e. The molecule has 1 aliphatic heterocycles. The molecule has 3 rings (SSSR count). The second-order valence-corrected chi connectivity index (χ2v) is 5.05. The molecule has 1 aliphatic rings. The van der Waals surface area contributed by atoms with Gasteiger partial charge in [-0.1, -0.05) is 25.0 Å². The lowest BCUT2D eigenvalue weighted by Crippen LogP contribution is -2.34. The van der Waals surface area contributed by atoms with Crippen LogP contribution in [0.25, 0.3) is 10.9 Å². The molecule has 1 N–H and O–H groups in total. The summed E-state index contributed by atoms with van der Waals surface area (Å²) in [5.41, 5.74) is 4.70. The van der Waals surface area contributed by atoms with Gasteiger partial charge in [-0.3, -0.25) is 4.79 Å². The van der Waals surface area contributed by atoms with Crippen LogP contribution < -0.4 is 5.32 Å². The molecule has 94 valence electrons. The molecule has 0 unspecified atom stereocenters. The molecule has 3 nitrogen and oxygen atoms in total. The largest absolute Gasteiger partial charge is 0.349 e. The highest BCUT2D eigenvalue weighted by molar-refractivity contribution is 6.00. The number of hydrogen-bond acceptors (Lipinski definition) is 1. The lowest BCUT2D eigenvalue weighted by molar-refractivity contribution is 0.0929. The SMILES string of the molecule is CCCc1cc(C)cc2cc3n(c12)CCNC3=O. The quantitative estimate of drug-likeness (QED) is 0.863. The topological polar surface area (TPSA) is 34.0 Å². The molecule has 0 radical (unpaired) electrons. The van der Waals surface area contributed by atoms with Gasteiger partial charge in [0.05, 0.1) is 5.52 Å². The average Bonchev–Trinajstić information content (AvgIpc) is 2.69. The summed E-state index contributed by atoms with van der Waals surface area (Å²) in [7, 11) is 0. The summed E-state index contributed by atoms with van der Waals surface area (Å²) in [6.45, 7) is 5.93. The van der Waals surface area contributed by atoms with E-state index in [9.17, 15) is 4.79 Å². The van der Waals surface area contributed by atoms with Crippen LogP contribution in [-0.2, 0) is 13.0 Å². The van der Waals surface area contributed by atoms with Gasteiger partial charge in [-0.05, 0) is 31.0 Å². The minimum atomic E-state index is 0.0533. The number of rotatable bonds is 2. The molecule has 0 saturated carbocycles. The number of hydrogen-bond donors (Lipinski definition) is 1. The fourth-order valence-electron chi connectivity index (χ4n) is 2.92. The van der Waals surface area contributed by atoms with Crippen LogP contribution in [0.2, 0.25) is 0 Å². The smallest absolute Gasteiger partial charge is 0.268 e. The Labute approximate surface area is 107 Å². The van der Waals surface area contributed by atoms with Gasteiger partial charge in [0.15, 0.2) is 0 Å². The van der Waals surface area contributed by atoms with Crippen molar-refractivity contribution in [3.8, 4) is 0 Å². The van der Waals surface area contributed by atoms with E-state index in [1.807, 2.05) is 6.07 Å². The zero-order valence-corrected chi connectivity index (χ0v) is 10.9. The van der Waals surface area contributed by atoms with E-state index in [0.717, 1.165) is 31.6 Å². The summed E-state index contributed by atoms with van der Waals surface area (Å²) < 4.78 is 2.18. The van der Waals surface area contributed by atoms with Crippen molar-refractivity contribution in [2.75, 3.05) is 6.54 Å². The number of nitrogens with zero attached hydrogens (tertiary/aromatic N) is 1. The molecule has 1 amide bonds. The van der Waals surface area contributed by atoms with E-state index in [1.54, 1.807) is 0 Å². The maximum absolute atomic E-state index is 11.9. The van der Waals surface area contributed by atoms with Crippen LogP contribution >= 0.6 is 0 Å². The van der Waals surface area contributed by atoms with Crippen molar-refractivity contribution in [1.82, 2.24) is 9.88 Å². The van der Waals surface area contributed by atoms with Gasteiger partial charge in [0, 0.05) is 18.5 Å². The summed E-state index contributed by atoms with van der Waals surface area (Å²) in [4.78, 5) is 11.9. The molecular formula is C15H18N2O. The third-order valence-electron chi connectivity index (χ3n) is 3.59. The second kappa shape index (κ2) is 4.16. The van der Waals surface area contributed by atoms with E-state index >= 15 is 0 Å². The zero-order valence-electron chi connectivity index (χ0n) is 10.9. The molecule has 1 aromatic carbocycles. The monoisotopic (exact) mass is 242 g/mol. The summed E-state index contributed by atoms with van der Waals surface area (Å²) >= 11 is 0. The molecule has 18 heavy (non-hydrogen) atoms. The van der Waals surface area contributed by atoms with E-state index in [0.29, 0.717) is 0 Å². The third kappa shape index (κ3) is 1.62. The predicted molar refractivity (Wildman–Crippen MR) is 73.0 cm³/mol. The molecule has 1 aromatic heterocycles. The number of amides is 1. The van der Waals surface area contributed by atoms with Gasteiger partial charge in [0.1, 0.15) is 5.69 Å². The van der Waals surface area contributed by atoms with Crippen LogP contribution in [0.4, 0.5) is 0 Å². The van der Waals surface area contributed by atoms with Crippen LogP contribution in [0.15, 0.2) is 18.2 Å². The van der Waals surface area contributed by atoms with Gasteiger partial charge >= 0.3 is 0 Å². The van der Waals surface area contributed by atoms with Crippen molar-refractivity contribution in [3.63, 3.8) is 0 Å². The Balaban J connectivity index is 2.31. The Kier molecular flexibility index (Phi) is 2.62. The first-order chi connectivity index (χ1) is 8.70. The number of nitrogens with one attached hydrogen (secondary N) is 1. The molecule has 0 fully saturated rings. The van der Waals surface area contributed by atoms with Gasteiger partial charge in [-0.25, -0.2) is 0 Å².